The number of halogens is 3. The van der Waals surface area contributed by atoms with Crippen molar-refractivity contribution in [3.63, 3.8) is 0 Å². The van der Waals surface area contributed by atoms with E-state index in [1.54, 1.807) is 18.2 Å². The Kier molecular flexibility index (Phi) is 2.62. The van der Waals surface area contributed by atoms with Crippen molar-refractivity contribution in [2.75, 3.05) is 0 Å². The van der Waals surface area contributed by atoms with Crippen LogP contribution in [-0.2, 0) is 5.67 Å². The van der Waals surface area contributed by atoms with Gasteiger partial charge in [-0.1, -0.05) is 36.4 Å². The lowest BCUT2D eigenvalue weighted by atomic mass is 9.95. The predicted octanol–water partition coefficient (Wildman–Crippen LogP) is 4.45. The van der Waals surface area contributed by atoms with Crippen LogP contribution in [0.4, 0.5) is 13.2 Å². The fraction of sp³-hybridized carbons (Fsp3) is 0.154. The van der Waals surface area contributed by atoms with Gasteiger partial charge in [0.2, 0.25) is 5.67 Å². The first kappa shape index (κ1) is 11.0. The monoisotopic (exact) mass is 223 g/mol. The molecular formula is C13H10F3. The number of benzene rings is 2. The highest BCUT2D eigenvalue weighted by Crippen LogP contribution is 2.38. The van der Waals surface area contributed by atoms with Crippen molar-refractivity contribution in [3.05, 3.63) is 54.5 Å². The van der Waals surface area contributed by atoms with Gasteiger partial charge in [0.15, 0.2) is 0 Å². The van der Waals surface area contributed by atoms with Crippen molar-refractivity contribution in [3.8, 4) is 0 Å². The summed E-state index contributed by atoms with van der Waals surface area (Å²) >= 11 is 0. The summed E-state index contributed by atoms with van der Waals surface area (Å²) < 4.78 is 38.6. The molecule has 0 nitrogen and oxygen atoms in total. The lowest BCUT2D eigenvalue weighted by molar-refractivity contribution is 0.0700. The summed E-state index contributed by atoms with van der Waals surface area (Å²) in [5.74, 6) is 0. The average Bonchev–Trinajstić information content (AvgIpc) is 2.28. The number of alkyl halides is 1. The average molecular weight is 223 g/mol. The molecule has 0 saturated heterocycles. The second-order valence-corrected chi connectivity index (χ2v) is 3.83. The van der Waals surface area contributed by atoms with E-state index in [0.717, 1.165) is 17.7 Å². The van der Waals surface area contributed by atoms with Gasteiger partial charge in [0.1, 0.15) is 0 Å². The topological polar surface area (TPSA) is 0 Å². The molecule has 2 aromatic rings. The Hall–Kier alpha value is -1.51. The van der Waals surface area contributed by atoms with E-state index in [0.29, 0.717) is 0 Å². The molecule has 0 aliphatic heterocycles. The normalized spacial score (nSPS) is 15.3. The number of hydrogen-bond acceptors (Lipinski definition) is 0. The summed E-state index contributed by atoms with van der Waals surface area (Å²) in [6.45, 7) is 0.868. The second kappa shape index (κ2) is 3.81. The van der Waals surface area contributed by atoms with E-state index in [1.807, 2.05) is 12.1 Å². The quantitative estimate of drug-likeness (QED) is 0.705. The van der Waals surface area contributed by atoms with Crippen molar-refractivity contribution >= 4 is 10.8 Å². The molecule has 0 aliphatic carbocycles. The van der Waals surface area contributed by atoms with Crippen LogP contribution in [0.2, 0.25) is 0 Å². The molecular weight excluding hydrogens is 213 g/mol. The van der Waals surface area contributed by atoms with E-state index < -0.39 is 12.1 Å². The lowest BCUT2D eigenvalue weighted by Gasteiger charge is -2.18. The SMILES string of the molecule is CC(F)([C](F)F)c1ccc2ccccc2c1. The molecule has 0 spiro atoms. The van der Waals surface area contributed by atoms with Crippen LogP contribution >= 0.6 is 0 Å². The molecule has 0 aromatic heterocycles. The highest BCUT2D eigenvalue weighted by atomic mass is 19.3. The third kappa shape index (κ3) is 1.77. The summed E-state index contributed by atoms with van der Waals surface area (Å²) in [5, 5.41) is 1.66. The van der Waals surface area contributed by atoms with E-state index in [9.17, 15) is 13.2 Å². The van der Waals surface area contributed by atoms with Gasteiger partial charge in [-0.25, -0.2) is 4.39 Å². The van der Waals surface area contributed by atoms with Crippen molar-refractivity contribution in [2.24, 2.45) is 0 Å². The smallest absolute Gasteiger partial charge is 0.232 e. The first-order valence-electron chi connectivity index (χ1n) is 4.88. The van der Waals surface area contributed by atoms with Crippen LogP contribution in [0.25, 0.3) is 10.8 Å². The molecule has 16 heavy (non-hydrogen) atoms. The summed E-state index contributed by atoms with van der Waals surface area (Å²) in [6.07, 6.45) is -2.22. The largest absolute Gasteiger partial charge is 0.350 e. The maximum Gasteiger partial charge on any atom is 0.350 e. The van der Waals surface area contributed by atoms with Crippen LogP contribution in [0.1, 0.15) is 12.5 Å². The maximum atomic E-state index is 13.7. The molecule has 0 amide bonds. The van der Waals surface area contributed by atoms with E-state index >= 15 is 0 Å². The van der Waals surface area contributed by atoms with Gasteiger partial charge in [0.05, 0.1) is 0 Å². The molecule has 1 unspecified atom stereocenters. The third-order valence-electron chi connectivity index (χ3n) is 2.65. The lowest BCUT2D eigenvalue weighted by Crippen LogP contribution is -2.19. The Morgan fingerprint density at radius 1 is 1.00 bits per heavy atom. The van der Waals surface area contributed by atoms with Crippen molar-refractivity contribution in [2.45, 2.75) is 12.6 Å². The van der Waals surface area contributed by atoms with Gasteiger partial charge in [0.25, 0.3) is 0 Å². The first-order chi connectivity index (χ1) is 7.51. The molecule has 0 aliphatic rings. The molecule has 2 rings (SSSR count). The molecule has 2 aromatic carbocycles. The zero-order chi connectivity index (χ0) is 11.8. The second-order valence-electron chi connectivity index (χ2n) is 3.83. The maximum absolute atomic E-state index is 13.7. The van der Waals surface area contributed by atoms with Crippen LogP contribution in [0, 0.1) is 6.43 Å². The molecule has 0 bridgehead atoms. The molecule has 0 fully saturated rings. The van der Waals surface area contributed by atoms with Crippen LogP contribution in [0.15, 0.2) is 42.5 Å². The summed E-state index contributed by atoms with van der Waals surface area (Å²) in [5.41, 5.74) is -2.70. The van der Waals surface area contributed by atoms with Crippen LogP contribution in [0.5, 0.6) is 0 Å². The number of rotatable bonds is 2. The fourth-order valence-electron chi connectivity index (χ4n) is 1.59. The predicted molar refractivity (Wildman–Crippen MR) is 57.9 cm³/mol. The standard InChI is InChI=1S/C13H10F3/c1-13(16,12(14)15)11-7-6-9-4-2-3-5-10(9)8-11/h2-8H,1H3. The summed E-state index contributed by atoms with van der Waals surface area (Å²) in [6, 6.07) is 11.7. The minimum atomic E-state index is -2.68. The fourth-order valence-corrected chi connectivity index (χ4v) is 1.59. The number of fused-ring (bicyclic) bond motifs is 1. The van der Waals surface area contributed by atoms with Gasteiger partial charge in [0, 0.05) is 0 Å². The van der Waals surface area contributed by atoms with Crippen molar-refractivity contribution < 1.29 is 13.2 Å². The minimum Gasteiger partial charge on any atom is -0.232 e. The van der Waals surface area contributed by atoms with Crippen LogP contribution in [-0.4, -0.2) is 0 Å². The van der Waals surface area contributed by atoms with E-state index in [4.69, 9.17) is 0 Å². The van der Waals surface area contributed by atoms with E-state index in [1.165, 1.54) is 12.1 Å². The number of hydrogen-bond donors (Lipinski definition) is 0. The zero-order valence-corrected chi connectivity index (χ0v) is 8.68. The van der Waals surface area contributed by atoms with Gasteiger partial charge in [-0.15, -0.1) is 0 Å². The van der Waals surface area contributed by atoms with Crippen LogP contribution < -0.4 is 0 Å². The van der Waals surface area contributed by atoms with Gasteiger partial charge in [-0.05, 0) is 29.3 Å². The molecule has 1 radical (unpaired) electrons. The van der Waals surface area contributed by atoms with E-state index in [2.05, 4.69) is 0 Å². The molecule has 0 saturated carbocycles. The van der Waals surface area contributed by atoms with Crippen molar-refractivity contribution in [1.82, 2.24) is 0 Å². The molecule has 0 heterocycles. The summed E-state index contributed by atoms with van der Waals surface area (Å²) in [7, 11) is 0. The molecule has 83 valence electrons. The van der Waals surface area contributed by atoms with Gasteiger partial charge < -0.3 is 0 Å². The summed E-state index contributed by atoms with van der Waals surface area (Å²) in [4.78, 5) is 0. The highest BCUT2D eigenvalue weighted by molar-refractivity contribution is 5.83. The van der Waals surface area contributed by atoms with E-state index in [-0.39, 0.29) is 5.56 Å². The third-order valence-corrected chi connectivity index (χ3v) is 2.65. The van der Waals surface area contributed by atoms with Gasteiger partial charge in [-0.3, -0.25) is 0 Å². The van der Waals surface area contributed by atoms with Gasteiger partial charge in [-0.2, -0.15) is 8.78 Å². The van der Waals surface area contributed by atoms with Gasteiger partial charge >= 0.3 is 6.43 Å². The Morgan fingerprint density at radius 3 is 2.25 bits per heavy atom. The first-order valence-corrected chi connectivity index (χ1v) is 4.88. The Bertz CT molecular complexity index is 503. The zero-order valence-electron chi connectivity index (χ0n) is 8.68. The molecule has 1 atom stereocenters. The highest BCUT2D eigenvalue weighted by Gasteiger charge is 2.39. The molecule has 0 N–H and O–H groups in total. The Balaban J connectivity index is 2.55. The molecule has 3 heteroatoms. The van der Waals surface area contributed by atoms with Crippen molar-refractivity contribution in [1.29, 1.82) is 0 Å². The Labute approximate surface area is 91.7 Å². The minimum absolute atomic E-state index is 0.0220. The Morgan fingerprint density at radius 2 is 1.62 bits per heavy atom. The van der Waals surface area contributed by atoms with Crippen LogP contribution in [0.3, 0.4) is 0 Å².